The largest absolute Gasteiger partial charge is 0.434 e. The smallest absolute Gasteiger partial charge is 0.387 e. The lowest BCUT2D eigenvalue weighted by molar-refractivity contribution is -0.143. The van der Waals surface area contributed by atoms with Crippen LogP contribution in [0.25, 0.3) is 22.3 Å². The Labute approximate surface area is 211 Å². The molecule has 0 spiro atoms. The normalized spacial score (nSPS) is 12.6. The van der Waals surface area contributed by atoms with Gasteiger partial charge >= 0.3 is 6.18 Å². The van der Waals surface area contributed by atoms with Gasteiger partial charge in [-0.05, 0) is 25.1 Å². The third-order valence-corrected chi connectivity index (χ3v) is 5.69. The van der Waals surface area contributed by atoms with E-state index in [1.54, 1.807) is 6.07 Å². The van der Waals surface area contributed by atoms with Crippen molar-refractivity contribution in [2.75, 3.05) is 5.32 Å². The molecular formula is C23H16ClF3N8O2. The maximum atomic E-state index is 14.3. The van der Waals surface area contributed by atoms with Gasteiger partial charge in [0.2, 0.25) is 0 Å². The third-order valence-electron chi connectivity index (χ3n) is 5.41. The first-order valence-electron chi connectivity index (χ1n) is 10.7. The minimum absolute atomic E-state index is 0.0598. The molecule has 4 aromatic heterocycles. The van der Waals surface area contributed by atoms with E-state index in [0.717, 1.165) is 11.0 Å². The number of halogens is 4. The summed E-state index contributed by atoms with van der Waals surface area (Å²) >= 11 is 6.19. The molecule has 0 fully saturated rings. The molecule has 0 aliphatic carbocycles. The van der Waals surface area contributed by atoms with Crippen LogP contribution in [0, 0.1) is 0 Å². The van der Waals surface area contributed by atoms with Crippen LogP contribution in [0.2, 0.25) is 5.02 Å². The molecule has 0 bridgehead atoms. The summed E-state index contributed by atoms with van der Waals surface area (Å²) in [7, 11) is 0. The van der Waals surface area contributed by atoms with Crippen LogP contribution in [0.5, 0.6) is 0 Å². The summed E-state index contributed by atoms with van der Waals surface area (Å²) in [6, 6.07) is 7.43. The van der Waals surface area contributed by atoms with Crippen LogP contribution < -0.4 is 5.32 Å². The predicted octanol–water partition coefficient (Wildman–Crippen LogP) is 4.37. The van der Waals surface area contributed by atoms with Crippen molar-refractivity contribution in [3.63, 3.8) is 0 Å². The highest BCUT2D eigenvalue weighted by molar-refractivity contribution is 6.32. The lowest BCUT2D eigenvalue weighted by Gasteiger charge is -2.16. The number of carbonyl (C=O) groups is 1. The van der Waals surface area contributed by atoms with E-state index < -0.39 is 29.4 Å². The van der Waals surface area contributed by atoms with Gasteiger partial charge in [-0.25, -0.2) is 9.67 Å². The zero-order valence-electron chi connectivity index (χ0n) is 18.8. The number of nitrogens with zero attached hydrogens (tertiary/aromatic N) is 7. The van der Waals surface area contributed by atoms with Gasteiger partial charge < -0.3 is 10.4 Å². The Bertz CT molecular complexity index is 1620. The highest BCUT2D eigenvalue weighted by Crippen LogP contribution is 2.36. The van der Waals surface area contributed by atoms with Crippen LogP contribution in [0.1, 0.15) is 34.8 Å². The molecule has 0 saturated carbocycles. The number of aromatic nitrogens is 7. The summed E-state index contributed by atoms with van der Waals surface area (Å²) in [6.07, 6.45) is 0.397. The molecule has 1 atom stereocenters. The summed E-state index contributed by atoms with van der Waals surface area (Å²) in [5, 5.41) is 25.0. The van der Waals surface area contributed by atoms with Gasteiger partial charge in [-0.2, -0.15) is 28.5 Å². The Balaban J connectivity index is 1.55. The Morgan fingerprint density at radius 1 is 1.05 bits per heavy atom. The molecule has 14 heteroatoms. The van der Waals surface area contributed by atoms with Crippen molar-refractivity contribution in [3.8, 4) is 11.5 Å². The van der Waals surface area contributed by atoms with E-state index in [-0.39, 0.29) is 22.2 Å². The molecule has 5 aromatic rings. The number of hydrogen-bond acceptors (Lipinski definition) is 7. The van der Waals surface area contributed by atoms with E-state index in [1.165, 1.54) is 56.0 Å². The Morgan fingerprint density at radius 2 is 1.81 bits per heavy atom. The first-order chi connectivity index (χ1) is 17.6. The Morgan fingerprint density at radius 3 is 2.49 bits per heavy atom. The number of benzene rings is 1. The number of amides is 1. The lowest BCUT2D eigenvalue weighted by atomic mass is 10.1. The summed E-state index contributed by atoms with van der Waals surface area (Å²) in [4.78, 5) is 22.3. The molecule has 0 aliphatic rings. The quantitative estimate of drug-likeness (QED) is 0.347. The van der Waals surface area contributed by atoms with Crippen molar-refractivity contribution in [2.45, 2.75) is 19.2 Å². The zero-order valence-corrected chi connectivity index (χ0v) is 19.6. The molecule has 188 valence electrons. The summed E-state index contributed by atoms with van der Waals surface area (Å²) < 4.78 is 43.4. The fourth-order valence-corrected chi connectivity index (χ4v) is 4.11. The highest BCUT2D eigenvalue weighted by atomic mass is 35.5. The predicted molar refractivity (Wildman–Crippen MR) is 127 cm³/mol. The third kappa shape index (κ3) is 4.49. The minimum atomic E-state index is -4.93. The SMILES string of the molecule is C[C@H](O)c1nccc2c(-n3ncc(C(=O)Nc4cnc(-n5nccn5)c(Cl)c4)c3C(F)(F)F)cccc12. The number of aliphatic hydroxyl groups excluding tert-OH is 1. The van der Waals surface area contributed by atoms with Gasteiger partial charge in [0.05, 0.1) is 58.5 Å². The van der Waals surface area contributed by atoms with E-state index >= 15 is 0 Å². The average molecular weight is 529 g/mol. The van der Waals surface area contributed by atoms with Crippen LogP contribution >= 0.6 is 11.6 Å². The molecule has 1 amide bonds. The van der Waals surface area contributed by atoms with Crippen LogP contribution in [-0.2, 0) is 6.18 Å². The lowest BCUT2D eigenvalue weighted by Crippen LogP contribution is -2.21. The van der Waals surface area contributed by atoms with Gasteiger partial charge in [0.25, 0.3) is 5.91 Å². The van der Waals surface area contributed by atoms with E-state index in [2.05, 4.69) is 30.6 Å². The summed E-state index contributed by atoms with van der Waals surface area (Å²) in [5.74, 6) is -0.886. The van der Waals surface area contributed by atoms with E-state index in [4.69, 9.17) is 11.6 Å². The van der Waals surface area contributed by atoms with Gasteiger partial charge in [-0.3, -0.25) is 9.78 Å². The molecular weight excluding hydrogens is 513 g/mol. The van der Waals surface area contributed by atoms with Crippen LogP contribution in [-0.4, -0.2) is 45.8 Å². The van der Waals surface area contributed by atoms with E-state index in [0.29, 0.717) is 21.1 Å². The first-order valence-corrected chi connectivity index (χ1v) is 11.1. The number of fused-ring (bicyclic) bond motifs is 1. The fourth-order valence-electron chi connectivity index (χ4n) is 3.87. The molecule has 37 heavy (non-hydrogen) atoms. The summed E-state index contributed by atoms with van der Waals surface area (Å²) in [5.41, 5.74) is -1.55. The standard InChI is InChI=1S/C23H16ClF3N8O2/c1-12(36)19-15-3-2-4-18(14(15)5-6-28-19)34-20(23(25,26)27)16(11-32-34)22(37)33-13-9-17(24)21(29-10-13)35-30-7-8-31-35/h2-12,36H,1H3,(H,33,37)/t12-/m0/s1. The number of alkyl halides is 3. The van der Waals surface area contributed by atoms with E-state index in [1.807, 2.05) is 0 Å². The van der Waals surface area contributed by atoms with Crippen molar-refractivity contribution in [2.24, 2.45) is 0 Å². The molecule has 0 radical (unpaired) electrons. The summed E-state index contributed by atoms with van der Waals surface area (Å²) in [6.45, 7) is 1.51. The van der Waals surface area contributed by atoms with Crippen molar-refractivity contribution in [3.05, 3.63) is 83.3 Å². The first kappa shape index (κ1) is 24.3. The highest BCUT2D eigenvalue weighted by Gasteiger charge is 2.41. The second-order valence-electron chi connectivity index (χ2n) is 7.86. The van der Waals surface area contributed by atoms with Gasteiger partial charge in [-0.1, -0.05) is 23.7 Å². The molecule has 2 N–H and O–H groups in total. The maximum absolute atomic E-state index is 14.3. The number of anilines is 1. The van der Waals surface area contributed by atoms with Gasteiger partial charge in [0.1, 0.15) is 0 Å². The molecule has 10 nitrogen and oxygen atoms in total. The molecule has 0 aliphatic heterocycles. The average Bonchev–Trinajstić information content (AvgIpc) is 3.54. The van der Waals surface area contributed by atoms with Crippen LogP contribution in [0.3, 0.4) is 0 Å². The topological polar surface area (TPSA) is 124 Å². The molecule has 4 heterocycles. The fraction of sp³-hybridized carbons (Fsp3) is 0.130. The van der Waals surface area contributed by atoms with Gasteiger partial charge in [0, 0.05) is 17.0 Å². The van der Waals surface area contributed by atoms with Crippen molar-refractivity contribution in [1.82, 2.24) is 34.7 Å². The van der Waals surface area contributed by atoms with Gasteiger partial charge in [-0.15, -0.1) is 4.80 Å². The van der Waals surface area contributed by atoms with Crippen molar-refractivity contribution in [1.29, 1.82) is 0 Å². The number of nitrogens with one attached hydrogen (secondary N) is 1. The van der Waals surface area contributed by atoms with Crippen LogP contribution in [0.15, 0.2) is 61.3 Å². The van der Waals surface area contributed by atoms with Gasteiger partial charge in [0.15, 0.2) is 11.5 Å². The second kappa shape index (κ2) is 9.26. The minimum Gasteiger partial charge on any atom is -0.387 e. The van der Waals surface area contributed by atoms with Crippen molar-refractivity contribution >= 4 is 34.0 Å². The number of carbonyl (C=O) groups excluding carboxylic acids is 1. The Kier molecular flexibility index (Phi) is 6.09. The van der Waals surface area contributed by atoms with Crippen LogP contribution in [0.4, 0.5) is 18.9 Å². The van der Waals surface area contributed by atoms with E-state index in [9.17, 15) is 23.1 Å². The van der Waals surface area contributed by atoms with Crippen molar-refractivity contribution < 1.29 is 23.1 Å². The molecule has 0 unspecified atom stereocenters. The monoisotopic (exact) mass is 528 g/mol. The Hall–Kier alpha value is -4.36. The number of hydrogen-bond donors (Lipinski definition) is 2. The maximum Gasteiger partial charge on any atom is 0.434 e. The molecule has 1 aromatic carbocycles. The number of pyridine rings is 2. The molecule has 0 saturated heterocycles. The molecule has 5 rings (SSSR count). The number of aliphatic hydroxyl groups is 1. The zero-order chi connectivity index (χ0) is 26.3. The second-order valence-corrected chi connectivity index (χ2v) is 8.27. The number of rotatable bonds is 5.